The quantitative estimate of drug-likeness (QED) is 0.738. The van der Waals surface area contributed by atoms with E-state index in [4.69, 9.17) is 4.74 Å². The molecule has 0 saturated heterocycles. The first-order chi connectivity index (χ1) is 8.70. The SMILES string of the molecule is COc1ccc2c(c1)[nH]c1c(C(C)C)nccc12. The number of nitrogens with zero attached hydrogens (tertiary/aromatic N) is 1. The van der Waals surface area contributed by atoms with Crippen LogP contribution in [0.15, 0.2) is 30.5 Å². The Morgan fingerprint density at radius 3 is 2.72 bits per heavy atom. The number of hydrogen-bond acceptors (Lipinski definition) is 2. The number of pyridine rings is 1. The summed E-state index contributed by atoms with van der Waals surface area (Å²) in [4.78, 5) is 7.94. The van der Waals surface area contributed by atoms with E-state index in [-0.39, 0.29) is 0 Å². The number of methoxy groups -OCH3 is 1. The second-order valence-corrected chi connectivity index (χ2v) is 4.81. The molecule has 0 radical (unpaired) electrons. The standard InChI is InChI=1S/C15H16N2O/c1-9(2)14-15-12(6-7-16-14)11-5-4-10(18-3)8-13(11)17-15/h4-9,17H,1-3H3. The number of rotatable bonds is 2. The molecule has 3 nitrogen and oxygen atoms in total. The van der Waals surface area contributed by atoms with E-state index in [0.717, 1.165) is 22.5 Å². The molecule has 0 aliphatic heterocycles. The summed E-state index contributed by atoms with van der Waals surface area (Å²) in [5, 5.41) is 2.45. The van der Waals surface area contributed by atoms with Crippen LogP contribution in [0.1, 0.15) is 25.5 Å². The fraction of sp³-hybridized carbons (Fsp3) is 0.267. The van der Waals surface area contributed by atoms with Crippen LogP contribution in [-0.2, 0) is 0 Å². The van der Waals surface area contributed by atoms with Crippen molar-refractivity contribution in [2.75, 3.05) is 7.11 Å². The summed E-state index contributed by atoms with van der Waals surface area (Å²) in [5.41, 5.74) is 3.35. The van der Waals surface area contributed by atoms with Crippen molar-refractivity contribution < 1.29 is 4.74 Å². The summed E-state index contributed by atoms with van der Waals surface area (Å²) >= 11 is 0. The minimum atomic E-state index is 0.406. The first-order valence-electron chi connectivity index (χ1n) is 6.15. The third kappa shape index (κ3) is 1.55. The van der Waals surface area contributed by atoms with Crippen molar-refractivity contribution in [3.05, 3.63) is 36.2 Å². The predicted octanol–water partition coefficient (Wildman–Crippen LogP) is 3.85. The molecule has 3 rings (SSSR count). The fourth-order valence-corrected chi connectivity index (χ4v) is 2.39. The van der Waals surface area contributed by atoms with E-state index in [1.165, 1.54) is 10.8 Å². The molecule has 0 atom stereocenters. The topological polar surface area (TPSA) is 37.9 Å². The van der Waals surface area contributed by atoms with Crippen LogP contribution in [0.5, 0.6) is 5.75 Å². The molecule has 3 aromatic rings. The van der Waals surface area contributed by atoms with Crippen LogP contribution >= 0.6 is 0 Å². The number of ether oxygens (including phenoxy) is 1. The lowest BCUT2D eigenvalue weighted by Gasteiger charge is -2.04. The Labute approximate surface area is 106 Å². The molecule has 0 aliphatic rings. The minimum absolute atomic E-state index is 0.406. The summed E-state index contributed by atoms with van der Waals surface area (Å²) in [6.07, 6.45) is 1.88. The molecule has 0 aliphatic carbocycles. The lowest BCUT2D eigenvalue weighted by Crippen LogP contribution is -1.92. The van der Waals surface area contributed by atoms with Crippen LogP contribution in [0.2, 0.25) is 0 Å². The van der Waals surface area contributed by atoms with Gasteiger partial charge >= 0.3 is 0 Å². The lowest BCUT2D eigenvalue weighted by molar-refractivity contribution is 0.415. The van der Waals surface area contributed by atoms with Gasteiger partial charge in [-0.25, -0.2) is 0 Å². The van der Waals surface area contributed by atoms with Crippen LogP contribution in [0.25, 0.3) is 21.8 Å². The molecule has 2 heterocycles. The minimum Gasteiger partial charge on any atom is -0.497 e. The smallest absolute Gasteiger partial charge is 0.120 e. The molecule has 0 bridgehead atoms. The van der Waals surface area contributed by atoms with Gasteiger partial charge in [-0.15, -0.1) is 0 Å². The van der Waals surface area contributed by atoms with Crippen molar-refractivity contribution in [1.29, 1.82) is 0 Å². The number of aromatic amines is 1. The highest BCUT2D eigenvalue weighted by Crippen LogP contribution is 2.31. The lowest BCUT2D eigenvalue weighted by atomic mass is 10.1. The highest BCUT2D eigenvalue weighted by molar-refractivity contribution is 6.08. The molecule has 92 valence electrons. The molecule has 3 heteroatoms. The number of fused-ring (bicyclic) bond motifs is 3. The van der Waals surface area contributed by atoms with Gasteiger partial charge in [0.15, 0.2) is 0 Å². The molecule has 1 aromatic carbocycles. The maximum Gasteiger partial charge on any atom is 0.120 e. The molecule has 18 heavy (non-hydrogen) atoms. The molecule has 0 amide bonds. The van der Waals surface area contributed by atoms with Crippen molar-refractivity contribution >= 4 is 21.8 Å². The zero-order chi connectivity index (χ0) is 12.7. The number of hydrogen-bond donors (Lipinski definition) is 1. The largest absolute Gasteiger partial charge is 0.497 e. The Balaban J connectivity index is 2.38. The van der Waals surface area contributed by atoms with Crippen LogP contribution in [0, 0.1) is 0 Å². The number of H-pyrrole nitrogens is 1. The fourth-order valence-electron chi connectivity index (χ4n) is 2.39. The van der Waals surface area contributed by atoms with E-state index in [1.807, 2.05) is 18.3 Å². The van der Waals surface area contributed by atoms with Crippen molar-refractivity contribution in [2.24, 2.45) is 0 Å². The molecule has 1 N–H and O–H groups in total. The van der Waals surface area contributed by atoms with Gasteiger partial charge in [-0.1, -0.05) is 13.8 Å². The second kappa shape index (κ2) is 4.02. The first kappa shape index (κ1) is 11.1. The van der Waals surface area contributed by atoms with Gasteiger partial charge in [0, 0.05) is 23.0 Å². The van der Waals surface area contributed by atoms with E-state index in [2.05, 4.69) is 35.9 Å². The predicted molar refractivity (Wildman–Crippen MR) is 74.2 cm³/mol. The molecule has 2 aromatic heterocycles. The third-order valence-electron chi connectivity index (χ3n) is 3.30. The van der Waals surface area contributed by atoms with Gasteiger partial charge in [-0.05, 0) is 24.1 Å². The molecular weight excluding hydrogens is 224 g/mol. The zero-order valence-electron chi connectivity index (χ0n) is 10.8. The zero-order valence-corrected chi connectivity index (χ0v) is 10.8. The van der Waals surface area contributed by atoms with Gasteiger partial charge in [0.25, 0.3) is 0 Å². The second-order valence-electron chi connectivity index (χ2n) is 4.81. The van der Waals surface area contributed by atoms with Crippen LogP contribution in [0.3, 0.4) is 0 Å². The third-order valence-corrected chi connectivity index (χ3v) is 3.30. The molecule has 0 fully saturated rings. The average Bonchev–Trinajstić information content (AvgIpc) is 2.75. The maximum absolute atomic E-state index is 5.26. The van der Waals surface area contributed by atoms with Gasteiger partial charge in [-0.2, -0.15) is 0 Å². The van der Waals surface area contributed by atoms with E-state index in [0.29, 0.717) is 5.92 Å². The molecular formula is C15H16N2O. The van der Waals surface area contributed by atoms with Crippen molar-refractivity contribution in [2.45, 2.75) is 19.8 Å². The van der Waals surface area contributed by atoms with E-state index < -0.39 is 0 Å². The summed E-state index contributed by atoms with van der Waals surface area (Å²) in [6, 6.07) is 8.17. The van der Waals surface area contributed by atoms with Gasteiger partial charge in [0.1, 0.15) is 5.75 Å². The van der Waals surface area contributed by atoms with Crippen molar-refractivity contribution in [3.63, 3.8) is 0 Å². The molecule has 0 saturated carbocycles. The Bertz CT molecular complexity index is 713. The molecule has 0 unspecified atom stereocenters. The Morgan fingerprint density at radius 1 is 1.17 bits per heavy atom. The number of aromatic nitrogens is 2. The highest BCUT2D eigenvalue weighted by atomic mass is 16.5. The average molecular weight is 240 g/mol. The summed E-state index contributed by atoms with van der Waals surface area (Å²) in [5.74, 6) is 1.27. The monoisotopic (exact) mass is 240 g/mol. The van der Waals surface area contributed by atoms with Gasteiger partial charge in [-0.3, -0.25) is 4.98 Å². The Hall–Kier alpha value is -2.03. The Morgan fingerprint density at radius 2 is 2.00 bits per heavy atom. The van der Waals surface area contributed by atoms with Crippen molar-refractivity contribution in [3.8, 4) is 5.75 Å². The van der Waals surface area contributed by atoms with Crippen molar-refractivity contribution in [1.82, 2.24) is 9.97 Å². The number of benzene rings is 1. The van der Waals surface area contributed by atoms with Crippen LogP contribution in [-0.4, -0.2) is 17.1 Å². The molecule has 0 spiro atoms. The van der Waals surface area contributed by atoms with Crippen LogP contribution < -0.4 is 4.74 Å². The Kier molecular flexibility index (Phi) is 2.47. The number of nitrogens with one attached hydrogen (secondary N) is 1. The van der Waals surface area contributed by atoms with E-state index >= 15 is 0 Å². The van der Waals surface area contributed by atoms with Gasteiger partial charge in [0.05, 0.1) is 23.8 Å². The summed E-state index contributed by atoms with van der Waals surface area (Å²) in [7, 11) is 1.69. The van der Waals surface area contributed by atoms with Gasteiger partial charge in [0.2, 0.25) is 0 Å². The normalized spacial score (nSPS) is 11.6. The van der Waals surface area contributed by atoms with Crippen LogP contribution in [0.4, 0.5) is 0 Å². The highest BCUT2D eigenvalue weighted by Gasteiger charge is 2.11. The first-order valence-corrected chi connectivity index (χ1v) is 6.15. The summed E-state index contributed by atoms with van der Waals surface area (Å²) in [6.45, 7) is 4.32. The summed E-state index contributed by atoms with van der Waals surface area (Å²) < 4.78 is 5.26. The van der Waals surface area contributed by atoms with Gasteiger partial charge < -0.3 is 9.72 Å². The van der Waals surface area contributed by atoms with E-state index in [1.54, 1.807) is 7.11 Å². The maximum atomic E-state index is 5.26. The van der Waals surface area contributed by atoms with E-state index in [9.17, 15) is 0 Å².